The smallest absolute Gasteiger partial charge is 0.142 e. The van der Waals surface area contributed by atoms with E-state index in [0.717, 1.165) is 12.7 Å². The monoisotopic (exact) mass is 222 g/mol. The summed E-state index contributed by atoms with van der Waals surface area (Å²) in [6.45, 7) is 2.23. The minimum atomic E-state index is 0.834. The van der Waals surface area contributed by atoms with Crippen LogP contribution in [0.15, 0.2) is 17.5 Å². The Kier molecular flexibility index (Phi) is 6.02. The average molecular weight is 222 g/mol. The van der Waals surface area contributed by atoms with E-state index in [2.05, 4.69) is 18.4 Å². The number of hydrogen-bond acceptors (Lipinski definition) is 2. The Balaban J connectivity index is 2.42. The van der Waals surface area contributed by atoms with E-state index in [-0.39, 0.29) is 0 Å². The van der Waals surface area contributed by atoms with Crippen molar-refractivity contribution in [1.29, 1.82) is 0 Å². The molecule has 0 aromatic carbocycles. The number of hydrogen-bond donors (Lipinski definition) is 0. The van der Waals surface area contributed by atoms with E-state index in [1.807, 2.05) is 6.08 Å². The molecular formula is C13H18OS. The second kappa shape index (κ2) is 7.41. The first-order chi connectivity index (χ1) is 7.38. The van der Waals surface area contributed by atoms with E-state index in [1.54, 1.807) is 17.4 Å². The van der Waals surface area contributed by atoms with Gasteiger partial charge in [-0.2, -0.15) is 0 Å². The molecule has 0 unspecified atom stereocenters. The molecule has 0 aliphatic rings. The molecule has 0 spiro atoms. The first-order valence-corrected chi connectivity index (χ1v) is 6.44. The SMILES string of the molecule is CCCCCCc1ccsc1C=CC=O. The van der Waals surface area contributed by atoms with Crippen molar-refractivity contribution >= 4 is 23.7 Å². The quantitative estimate of drug-likeness (QED) is 0.386. The van der Waals surface area contributed by atoms with Gasteiger partial charge in [0.1, 0.15) is 6.29 Å². The average Bonchev–Trinajstić information content (AvgIpc) is 2.69. The summed E-state index contributed by atoms with van der Waals surface area (Å²) in [6, 6.07) is 2.17. The molecule has 1 aromatic rings. The van der Waals surface area contributed by atoms with Gasteiger partial charge in [0.25, 0.3) is 0 Å². The summed E-state index contributed by atoms with van der Waals surface area (Å²) in [5.41, 5.74) is 1.38. The molecule has 0 aliphatic heterocycles. The van der Waals surface area contributed by atoms with Crippen LogP contribution in [0, 0.1) is 0 Å². The molecule has 0 atom stereocenters. The van der Waals surface area contributed by atoms with Gasteiger partial charge in [0.15, 0.2) is 0 Å². The summed E-state index contributed by atoms with van der Waals surface area (Å²) in [7, 11) is 0. The number of allylic oxidation sites excluding steroid dienone is 1. The van der Waals surface area contributed by atoms with Crippen LogP contribution in [0.5, 0.6) is 0 Å². The minimum Gasteiger partial charge on any atom is -0.299 e. The number of aldehydes is 1. The molecule has 0 amide bonds. The highest BCUT2D eigenvalue weighted by Crippen LogP contribution is 2.20. The number of carbonyl (C=O) groups excluding carboxylic acids is 1. The fraction of sp³-hybridized carbons (Fsp3) is 0.462. The minimum absolute atomic E-state index is 0.834. The number of thiophene rings is 1. The van der Waals surface area contributed by atoms with E-state index < -0.39 is 0 Å². The van der Waals surface area contributed by atoms with E-state index in [0.29, 0.717) is 0 Å². The standard InChI is InChI=1S/C13H18OS/c1-2-3-4-5-7-12-9-11-15-13(12)8-6-10-14/h6,8-11H,2-5,7H2,1H3. The molecule has 1 aromatic heterocycles. The van der Waals surface area contributed by atoms with E-state index in [1.165, 1.54) is 36.1 Å². The molecule has 15 heavy (non-hydrogen) atoms. The third-order valence-corrected chi connectivity index (χ3v) is 3.33. The van der Waals surface area contributed by atoms with Gasteiger partial charge in [-0.3, -0.25) is 4.79 Å². The number of rotatable bonds is 7. The molecule has 0 aliphatic carbocycles. The Labute approximate surface area is 95.8 Å². The van der Waals surface area contributed by atoms with Crippen LogP contribution in [-0.4, -0.2) is 6.29 Å². The lowest BCUT2D eigenvalue weighted by atomic mass is 10.1. The van der Waals surface area contributed by atoms with Crippen molar-refractivity contribution in [2.24, 2.45) is 0 Å². The molecular weight excluding hydrogens is 204 g/mol. The Morgan fingerprint density at radius 1 is 1.33 bits per heavy atom. The van der Waals surface area contributed by atoms with Gasteiger partial charge >= 0.3 is 0 Å². The largest absolute Gasteiger partial charge is 0.299 e. The fourth-order valence-electron chi connectivity index (χ4n) is 1.57. The molecule has 1 nitrogen and oxygen atoms in total. The van der Waals surface area contributed by atoms with Crippen LogP contribution in [0.3, 0.4) is 0 Å². The lowest BCUT2D eigenvalue weighted by molar-refractivity contribution is -0.104. The summed E-state index contributed by atoms with van der Waals surface area (Å²) >= 11 is 1.71. The zero-order valence-corrected chi connectivity index (χ0v) is 10.1. The molecule has 0 N–H and O–H groups in total. The maximum Gasteiger partial charge on any atom is 0.142 e. The number of carbonyl (C=O) groups is 1. The van der Waals surface area contributed by atoms with Crippen LogP contribution in [0.2, 0.25) is 0 Å². The second-order valence-corrected chi connectivity index (χ2v) is 4.56. The van der Waals surface area contributed by atoms with Crippen LogP contribution in [0.25, 0.3) is 6.08 Å². The summed E-state index contributed by atoms with van der Waals surface area (Å²) in [4.78, 5) is 11.5. The van der Waals surface area contributed by atoms with Crippen molar-refractivity contribution in [2.75, 3.05) is 0 Å². The fourth-order valence-corrected chi connectivity index (χ4v) is 2.43. The van der Waals surface area contributed by atoms with Gasteiger partial charge in [-0.15, -0.1) is 11.3 Å². The Hall–Kier alpha value is -0.890. The van der Waals surface area contributed by atoms with Gasteiger partial charge in [-0.1, -0.05) is 26.2 Å². The van der Waals surface area contributed by atoms with Crippen LogP contribution >= 0.6 is 11.3 Å². The van der Waals surface area contributed by atoms with Crippen molar-refractivity contribution in [2.45, 2.75) is 39.0 Å². The van der Waals surface area contributed by atoms with Gasteiger partial charge in [0, 0.05) is 4.88 Å². The molecule has 0 fully saturated rings. The van der Waals surface area contributed by atoms with E-state index >= 15 is 0 Å². The van der Waals surface area contributed by atoms with E-state index in [4.69, 9.17) is 0 Å². The summed E-state index contributed by atoms with van der Waals surface area (Å²) in [5, 5.41) is 2.10. The molecule has 1 heterocycles. The third kappa shape index (κ3) is 4.43. The third-order valence-electron chi connectivity index (χ3n) is 2.41. The zero-order chi connectivity index (χ0) is 10.9. The van der Waals surface area contributed by atoms with Gasteiger partial charge in [0.2, 0.25) is 0 Å². The Morgan fingerprint density at radius 2 is 2.20 bits per heavy atom. The van der Waals surface area contributed by atoms with Gasteiger partial charge < -0.3 is 0 Å². The molecule has 2 heteroatoms. The van der Waals surface area contributed by atoms with E-state index in [9.17, 15) is 4.79 Å². The van der Waals surface area contributed by atoms with Crippen molar-refractivity contribution in [3.8, 4) is 0 Å². The highest BCUT2D eigenvalue weighted by atomic mass is 32.1. The Bertz CT molecular complexity index is 312. The maximum absolute atomic E-state index is 10.2. The maximum atomic E-state index is 10.2. The molecule has 0 saturated carbocycles. The molecule has 0 radical (unpaired) electrons. The first-order valence-electron chi connectivity index (χ1n) is 5.56. The highest BCUT2D eigenvalue weighted by Gasteiger charge is 2.00. The van der Waals surface area contributed by atoms with Gasteiger partial charge in [-0.25, -0.2) is 0 Å². The van der Waals surface area contributed by atoms with Crippen LogP contribution in [0.1, 0.15) is 43.0 Å². The summed E-state index contributed by atoms with van der Waals surface area (Å²) in [6.07, 6.45) is 10.6. The number of unbranched alkanes of at least 4 members (excludes halogenated alkanes) is 3. The van der Waals surface area contributed by atoms with Gasteiger partial charge in [0.05, 0.1) is 0 Å². The van der Waals surface area contributed by atoms with Crippen LogP contribution < -0.4 is 0 Å². The van der Waals surface area contributed by atoms with Crippen molar-refractivity contribution in [3.05, 3.63) is 28.0 Å². The summed E-state index contributed by atoms with van der Waals surface area (Å²) < 4.78 is 0. The van der Waals surface area contributed by atoms with Crippen molar-refractivity contribution in [1.82, 2.24) is 0 Å². The lowest BCUT2D eigenvalue weighted by Gasteiger charge is -1.99. The van der Waals surface area contributed by atoms with Crippen LogP contribution in [-0.2, 0) is 11.2 Å². The predicted molar refractivity (Wildman–Crippen MR) is 67.3 cm³/mol. The lowest BCUT2D eigenvalue weighted by Crippen LogP contribution is -1.85. The first kappa shape index (κ1) is 12.2. The normalized spacial score (nSPS) is 11.0. The second-order valence-electron chi connectivity index (χ2n) is 3.62. The molecule has 1 rings (SSSR count). The van der Waals surface area contributed by atoms with Gasteiger partial charge in [-0.05, 0) is 42.0 Å². The van der Waals surface area contributed by atoms with Crippen molar-refractivity contribution < 1.29 is 4.79 Å². The number of aryl methyl sites for hydroxylation is 1. The van der Waals surface area contributed by atoms with Crippen molar-refractivity contribution in [3.63, 3.8) is 0 Å². The predicted octanol–water partition coefficient (Wildman–Crippen LogP) is 4.08. The zero-order valence-electron chi connectivity index (χ0n) is 9.24. The topological polar surface area (TPSA) is 17.1 Å². The summed E-state index contributed by atoms with van der Waals surface area (Å²) in [5.74, 6) is 0. The molecule has 0 bridgehead atoms. The highest BCUT2D eigenvalue weighted by molar-refractivity contribution is 7.11. The Morgan fingerprint density at radius 3 is 2.93 bits per heavy atom. The van der Waals surface area contributed by atoms with Crippen LogP contribution in [0.4, 0.5) is 0 Å². The molecule has 0 saturated heterocycles. The molecule has 82 valence electrons.